The largest absolute Gasteiger partial charge is 0.373 e. The Morgan fingerprint density at radius 3 is 2.75 bits per heavy atom. The van der Waals surface area contributed by atoms with Crippen LogP contribution in [0.4, 0.5) is 0 Å². The van der Waals surface area contributed by atoms with Crippen molar-refractivity contribution in [3.8, 4) is 0 Å². The van der Waals surface area contributed by atoms with E-state index in [1.807, 2.05) is 20.8 Å². The van der Waals surface area contributed by atoms with Crippen molar-refractivity contribution in [3.05, 3.63) is 22.1 Å². The van der Waals surface area contributed by atoms with E-state index in [1.54, 1.807) is 0 Å². The first-order chi connectivity index (χ1) is 11.4. The molecular formula is C17H27N3O3S. The highest BCUT2D eigenvalue weighted by atomic mass is 32.2. The normalized spacial score (nSPS) is 17.0. The van der Waals surface area contributed by atoms with Gasteiger partial charge in [-0.25, -0.2) is 4.98 Å². The Kier molecular flexibility index (Phi) is 7.30. The minimum absolute atomic E-state index is 0.00150. The first-order valence-electron chi connectivity index (χ1n) is 8.63. The molecular weight excluding hydrogens is 326 g/mol. The lowest BCUT2D eigenvalue weighted by Gasteiger charge is -2.24. The van der Waals surface area contributed by atoms with Gasteiger partial charge >= 0.3 is 0 Å². The highest BCUT2D eigenvalue weighted by molar-refractivity contribution is 8.00. The molecule has 1 aliphatic carbocycles. The van der Waals surface area contributed by atoms with Gasteiger partial charge in [0, 0.05) is 12.1 Å². The lowest BCUT2D eigenvalue weighted by molar-refractivity contribution is -0.121. The molecule has 0 spiro atoms. The molecule has 0 aliphatic heterocycles. The maximum absolute atomic E-state index is 12.3. The van der Waals surface area contributed by atoms with E-state index in [0.29, 0.717) is 10.9 Å². The third-order valence-electron chi connectivity index (χ3n) is 3.95. The second-order valence-electron chi connectivity index (χ2n) is 6.51. The standard InChI is InChI=1S/C17H27N3O3S/c1-11(2)23-10-14-9-15(21)20-17(19-14)24-12(3)16(22)18-13-7-5-4-6-8-13/h9,11-13H,4-8,10H2,1-3H3,(H,18,22)(H,19,20,21). The number of H-pyrrole nitrogens is 1. The van der Waals surface area contributed by atoms with Crippen LogP contribution in [-0.4, -0.2) is 33.3 Å². The smallest absolute Gasteiger partial charge is 0.251 e. The van der Waals surface area contributed by atoms with E-state index in [9.17, 15) is 9.59 Å². The molecule has 134 valence electrons. The van der Waals surface area contributed by atoms with Gasteiger partial charge in [-0.1, -0.05) is 31.0 Å². The average molecular weight is 353 g/mol. The highest BCUT2D eigenvalue weighted by Gasteiger charge is 2.21. The van der Waals surface area contributed by atoms with Crippen molar-refractivity contribution in [2.75, 3.05) is 0 Å². The Bertz CT molecular complexity index is 597. The van der Waals surface area contributed by atoms with E-state index in [1.165, 1.54) is 37.1 Å². The van der Waals surface area contributed by atoms with Gasteiger partial charge in [0.25, 0.3) is 5.56 Å². The Morgan fingerprint density at radius 1 is 1.38 bits per heavy atom. The Morgan fingerprint density at radius 2 is 2.08 bits per heavy atom. The van der Waals surface area contributed by atoms with E-state index >= 15 is 0 Å². The van der Waals surface area contributed by atoms with Crippen LogP contribution in [0.25, 0.3) is 0 Å². The molecule has 2 N–H and O–H groups in total. The van der Waals surface area contributed by atoms with Crippen molar-refractivity contribution in [2.45, 2.75) is 82.0 Å². The maximum Gasteiger partial charge on any atom is 0.251 e. The molecule has 2 rings (SSSR count). The molecule has 7 heteroatoms. The summed E-state index contributed by atoms with van der Waals surface area (Å²) in [6, 6.07) is 1.71. The molecule has 1 unspecified atom stereocenters. The lowest BCUT2D eigenvalue weighted by atomic mass is 9.95. The van der Waals surface area contributed by atoms with Crippen molar-refractivity contribution in [3.63, 3.8) is 0 Å². The first kappa shape index (κ1) is 19.0. The fourth-order valence-electron chi connectivity index (χ4n) is 2.65. The molecule has 1 saturated carbocycles. The van der Waals surface area contributed by atoms with E-state index in [0.717, 1.165) is 12.8 Å². The molecule has 1 aromatic heterocycles. The molecule has 0 aromatic carbocycles. The predicted molar refractivity (Wildman–Crippen MR) is 95.1 cm³/mol. The summed E-state index contributed by atoms with van der Waals surface area (Å²) in [5.41, 5.74) is 0.351. The van der Waals surface area contributed by atoms with Gasteiger partial charge in [-0.2, -0.15) is 0 Å². The summed E-state index contributed by atoms with van der Waals surface area (Å²) in [4.78, 5) is 31.1. The van der Waals surface area contributed by atoms with Gasteiger partial charge in [-0.3, -0.25) is 9.59 Å². The number of carbonyl (C=O) groups excluding carboxylic acids is 1. The zero-order valence-corrected chi connectivity index (χ0v) is 15.4. The van der Waals surface area contributed by atoms with Gasteiger partial charge in [0.05, 0.1) is 23.7 Å². The Balaban J connectivity index is 1.93. The number of amides is 1. The average Bonchev–Trinajstić information content (AvgIpc) is 2.53. The first-order valence-corrected chi connectivity index (χ1v) is 9.51. The number of rotatable bonds is 7. The van der Waals surface area contributed by atoms with E-state index in [4.69, 9.17) is 4.74 Å². The molecule has 1 heterocycles. The monoisotopic (exact) mass is 353 g/mol. The summed E-state index contributed by atoms with van der Waals surface area (Å²) >= 11 is 1.27. The van der Waals surface area contributed by atoms with Crippen LogP contribution in [0.2, 0.25) is 0 Å². The van der Waals surface area contributed by atoms with Crippen molar-refractivity contribution in [1.29, 1.82) is 0 Å². The molecule has 1 aliphatic rings. The van der Waals surface area contributed by atoms with Crippen LogP contribution in [0.15, 0.2) is 16.0 Å². The van der Waals surface area contributed by atoms with Crippen LogP contribution in [0.5, 0.6) is 0 Å². The molecule has 1 aromatic rings. The van der Waals surface area contributed by atoms with Crippen LogP contribution in [0.1, 0.15) is 58.6 Å². The third-order valence-corrected chi connectivity index (χ3v) is 4.93. The number of aromatic amines is 1. The minimum Gasteiger partial charge on any atom is -0.373 e. The summed E-state index contributed by atoms with van der Waals surface area (Å²) in [5, 5.41) is 3.25. The summed E-state index contributed by atoms with van der Waals surface area (Å²) in [5.74, 6) is -0.00150. The molecule has 1 amide bonds. The van der Waals surface area contributed by atoms with Crippen LogP contribution in [-0.2, 0) is 16.1 Å². The van der Waals surface area contributed by atoms with Crippen molar-refractivity contribution in [1.82, 2.24) is 15.3 Å². The summed E-state index contributed by atoms with van der Waals surface area (Å²) < 4.78 is 5.49. The number of thioether (sulfide) groups is 1. The van der Waals surface area contributed by atoms with Gasteiger partial charge < -0.3 is 15.0 Å². The lowest BCUT2D eigenvalue weighted by Crippen LogP contribution is -2.40. The van der Waals surface area contributed by atoms with E-state index < -0.39 is 0 Å². The molecule has 0 saturated heterocycles. The number of nitrogens with zero attached hydrogens (tertiary/aromatic N) is 1. The topological polar surface area (TPSA) is 84.1 Å². The second-order valence-corrected chi connectivity index (χ2v) is 7.83. The molecule has 6 nitrogen and oxygen atoms in total. The molecule has 0 radical (unpaired) electrons. The zero-order chi connectivity index (χ0) is 17.5. The molecule has 0 bridgehead atoms. The minimum atomic E-state index is -0.309. The maximum atomic E-state index is 12.3. The fraction of sp³-hybridized carbons (Fsp3) is 0.706. The molecule has 24 heavy (non-hydrogen) atoms. The highest BCUT2D eigenvalue weighted by Crippen LogP contribution is 2.21. The third kappa shape index (κ3) is 6.28. The van der Waals surface area contributed by atoms with Crippen LogP contribution < -0.4 is 10.9 Å². The number of nitrogens with one attached hydrogen (secondary N) is 2. The van der Waals surface area contributed by atoms with Crippen molar-refractivity contribution >= 4 is 17.7 Å². The number of hydrogen-bond acceptors (Lipinski definition) is 5. The summed E-state index contributed by atoms with van der Waals surface area (Å²) in [6.45, 7) is 5.99. The van der Waals surface area contributed by atoms with Crippen molar-refractivity contribution < 1.29 is 9.53 Å². The van der Waals surface area contributed by atoms with Crippen molar-refractivity contribution in [2.24, 2.45) is 0 Å². The Hall–Kier alpha value is -1.34. The second kappa shape index (κ2) is 9.22. The van der Waals surface area contributed by atoms with Crippen LogP contribution in [0.3, 0.4) is 0 Å². The number of hydrogen-bond donors (Lipinski definition) is 2. The van der Waals surface area contributed by atoms with Crippen LogP contribution >= 0.6 is 11.8 Å². The van der Waals surface area contributed by atoms with Gasteiger partial charge in [-0.05, 0) is 33.6 Å². The van der Waals surface area contributed by atoms with Gasteiger partial charge in [0.15, 0.2) is 5.16 Å². The van der Waals surface area contributed by atoms with Gasteiger partial charge in [0.2, 0.25) is 5.91 Å². The zero-order valence-electron chi connectivity index (χ0n) is 14.6. The quantitative estimate of drug-likeness (QED) is 0.581. The fourth-order valence-corrected chi connectivity index (χ4v) is 3.49. The summed E-state index contributed by atoms with van der Waals surface area (Å²) in [6.07, 6.45) is 5.80. The number of aromatic nitrogens is 2. The van der Waals surface area contributed by atoms with Gasteiger partial charge in [0.1, 0.15) is 0 Å². The number of carbonyl (C=O) groups is 1. The Labute approximate surface area is 147 Å². The van der Waals surface area contributed by atoms with E-state index in [-0.39, 0.29) is 35.5 Å². The van der Waals surface area contributed by atoms with Crippen LogP contribution in [0, 0.1) is 0 Å². The number of ether oxygens (including phenoxy) is 1. The molecule has 1 fully saturated rings. The van der Waals surface area contributed by atoms with E-state index in [2.05, 4.69) is 15.3 Å². The summed E-state index contributed by atoms with van der Waals surface area (Å²) in [7, 11) is 0. The predicted octanol–water partition coefficient (Wildman–Crippen LogP) is 2.62. The molecule has 1 atom stereocenters. The SMILES string of the molecule is CC(C)OCc1cc(=O)[nH]c(SC(C)C(=O)NC2CCCCC2)n1. The van der Waals surface area contributed by atoms with Gasteiger partial charge in [-0.15, -0.1) is 0 Å².